The number of thiophene rings is 1. The quantitative estimate of drug-likeness (QED) is 0.620. The van der Waals surface area contributed by atoms with Crippen molar-refractivity contribution in [3.05, 3.63) is 27.0 Å². The molecule has 0 N–H and O–H groups in total. The van der Waals surface area contributed by atoms with Crippen molar-refractivity contribution in [3.63, 3.8) is 0 Å². The monoisotopic (exact) mass is 312 g/mol. The minimum atomic E-state index is -5.61. The summed E-state index contributed by atoms with van der Waals surface area (Å²) in [5, 5.41) is 0. The Kier molecular flexibility index (Phi) is 3.42. The Morgan fingerprint density at radius 2 is 1.89 bits per heavy atom. The van der Waals surface area contributed by atoms with Crippen molar-refractivity contribution in [2.45, 2.75) is 32.2 Å². The normalized spacial score (nSPS) is 15.9. The number of hydrogen-bond acceptors (Lipinski definition) is 4. The van der Waals surface area contributed by atoms with Crippen molar-refractivity contribution in [1.82, 2.24) is 0 Å². The predicted molar refractivity (Wildman–Crippen MR) is 66.2 cm³/mol. The maximum Gasteiger partial charge on any atom is 0.534 e. The fraction of sp³-hybridized carbons (Fsp3) is 0.455. The SMILES string of the molecule is Cc1sc(C)c2c1CCC=C2OS(=O)(=O)C(F)(F)F. The van der Waals surface area contributed by atoms with E-state index in [0.717, 1.165) is 15.3 Å². The lowest BCUT2D eigenvalue weighted by Gasteiger charge is -2.17. The molecule has 0 fully saturated rings. The molecule has 1 aliphatic carbocycles. The summed E-state index contributed by atoms with van der Waals surface area (Å²) in [5.41, 5.74) is -4.05. The zero-order chi connectivity index (χ0) is 14.4. The minimum absolute atomic E-state index is 0.208. The van der Waals surface area contributed by atoms with Crippen molar-refractivity contribution in [3.8, 4) is 0 Å². The third-order valence-electron chi connectivity index (χ3n) is 2.84. The van der Waals surface area contributed by atoms with Gasteiger partial charge in [0.25, 0.3) is 0 Å². The maximum atomic E-state index is 12.3. The van der Waals surface area contributed by atoms with E-state index in [1.807, 2.05) is 6.92 Å². The molecule has 3 nitrogen and oxygen atoms in total. The van der Waals surface area contributed by atoms with Crippen molar-refractivity contribution in [2.24, 2.45) is 0 Å². The first-order chi connectivity index (χ1) is 8.63. The van der Waals surface area contributed by atoms with Crippen LogP contribution < -0.4 is 0 Å². The van der Waals surface area contributed by atoms with E-state index in [-0.39, 0.29) is 5.76 Å². The molecule has 106 valence electrons. The molecular formula is C11H11F3O3S2. The van der Waals surface area contributed by atoms with Crippen LogP contribution in [0.5, 0.6) is 0 Å². The summed E-state index contributed by atoms with van der Waals surface area (Å²) in [6.07, 6.45) is 2.54. The first kappa shape index (κ1) is 14.4. The van der Waals surface area contributed by atoms with Crippen molar-refractivity contribution in [2.75, 3.05) is 0 Å². The average Bonchev–Trinajstić information content (AvgIpc) is 2.53. The van der Waals surface area contributed by atoms with Crippen LogP contribution in [0.25, 0.3) is 5.76 Å². The number of allylic oxidation sites excluding steroid dienone is 1. The number of alkyl halides is 3. The third kappa shape index (κ3) is 2.51. The maximum absolute atomic E-state index is 12.3. The van der Waals surface area contributed by atoms with Crippen LogP contribution in [-0.2, 0) is 20.7 Å². The molecular weight excluding hydrogens is 301 g/mol. The Morgan fingerprint density at radius 1 is 1.26 bits per heavy atom. The fourth-order valence-electron chi connectivity index (χ4n) is 2.04. The van der Waals surface area contributed by atoms with Gasteiger partial charge in [0.1, 0.15) is 5.76 Å². The summed E-state index contributed by atoms with van der Waals surface area (Å²) >= 11 is 1.43. The Bertz CT molecular complexity index is 639. The van der Waals surface area contributed by atoms with Gasteiger partial charge in [0, 0.05) is 15.3 Å². The average molecular weight is 312 g/mol. The molecule has 0 atom stereocenters. The molecule has 0 aromatic carbocycles. The summed E-state index contributed by atoms with van der Waals surface area (Å²) < 4.78 is 63.4. The highest BCUT2D eigenvalue weighted by Crippen LogP contribution is 2.39. The Labute approximate surface area is 112 Å². The second kappa shape index (κ2) is 4.52. The molecule has 0 aliphatic heterocycles. The molecule has 1 aromatic rings. The molecule has 19 heavy (non-hydrogen) atoms. The lowest BCUT2D eigenvalue weighted by atomic mass is 9.97. The van der Waals surface area contributed by atoms with E-state index in [4.69, 9.17) is 0 Å². The molecule has 0 amide bonds. The second-order valence-corrected chi connectivity index (χ2v) is 7.12. The van der Waals surface area contributed by atoms with Gasteiger partial charge < -0.3 is 4.18 Å². The van der Waals surface area contributed by atoms with E-state index in [0.29, 0.717) is 18.4 Å². The van der Waals surface area contributed by atoms with Crippen LogP contribution in [0.15, 0.2) is 6.08 Å². The summed E-state index contributed by atoms with van der Waals surface area (Å²) in [6.45, 7) is 3.59. The number of halogens is 3. The van der Waals surface area contributed by atoms with Gasteiger partial charge in [0.05, 0.1) is 0 Å². The van der Waals surface area contributed by atoms with Gasteiger partial charge in [-0.15, -0.1) is 11.3 Å². The fourth-order valence-corrected chi connectivity index (χ4v) is 3.64. The summed E-state index contributed by atoms with van der Waals surface area (Å²) in [7, 11) is -5.61. The topological polar surface area (TPSA) is 43.4 Å². The molecule has 1 heterocycles. The molecule has 8 heteroatoms. The Hall–Kier alpha value is -1.02. The first-order valence-electron chi connectivity index (χ1n) is 5.43. The molecule has 0 bridgehead atoms. The van der Waals surface area contributed by atoms with E-state index in [1.165, 1.54) is 17.4 Å². The third-order valence-corrected chi connectivity index (χ3v) is 4.87. The number of hydrogen-bond donors (Lipinski definition) is 0. The zero-order valence-electron chi connectivity index (χ0n) is 10.2. The lowest BCUT2D eigenvalue weighted by Crippen LogP contribution is -2.25. The lowest BCUT2D eigenvalue weighted by molar-refractivity contribution is -0.0509. The molecule has 1 aliphatic rings. The zero-order valence-corrected chi connectivity index (χ0v) is 11.8. The molecule has 2 rings (SSSR count). The van der Waals surface area contributed by atoms with E-state index in [9.17, 15) is 21.6 Å². The van der Waals surface area contributed by atoms with Gasteiger partial charge in [-0.25, -0.2) is 0 Å². The standard InChI is InChI=1S/C11H11F3O3S2/c1-6-8-4-3-5-9(10(8)7(2)18-6)17-19(15,16)11(12,13)14/h5H,3-4H2,1-2H3. The van der Waals surface area contributed by atoms with Crippen LogP contribution in [-0.4, -0.2) is 13.9 Å². The van der Waals surface area contributed by atoms with E-state index >= 15 is 0 Å². The van der Waals surface area contributed by atoms with Crippen LogP contribution in [0.3, 0.4) is 0 Å². The smallest absolute Gasteiger partial charge is 0.376 e. The van der Waals surface area contributed by atoms with Gasteiger partial charge in [-0.2, -0.15) is 21.6 Å². The summed E-state index contributed by atoms with van der Waals surface area (Å²) in [6, 6.07) is 0. The van der Waals surface area contributed by atoms with Crippen LogP contribution in [0.2, 0.25) is 0 Å². The van der Waals surface area contributed by atoms with Gasteiger partial charge in [0.15, 0.2) is 0 Å². The first-order valence-corrected chi connectivity index (χ1v) is 7.66. The van der Waals surface area contributed by atoms with Gasteiger partial charge in [-0.1, -0.05) is 0 Å². The highest BCUT2D eigenvalue weighted by Gasteiger charge is 2.49. The van der Waals surface area contributed by atoms with Crippen molar-refractivity contribution < 1.29 is 25.8 Å². The Balaban J connectivity index is 2.42. The van der Waals surface area contributed by atoms with Crippen LogP contribution in [0.1, 0.15) is 27.3 Å². The van der Waals surface area contributed by atoms with Crippen molar-refractivity contribution in [1.29, 1.82) is 0 Å². The molecule has 0 saturated heterocycles. The van der Waals surface area contributed by atoms with Gasteiger partial charge in [-0.3, -0.25) is 0 Å². The molecule has 0 saturated carbocycles. The largest absolute Gasteiger partial charge is 0.534 e. The van der Waals surface area contributed by atoms with Gasteiger partial charge in [0.2, 0.25) is 0 Å². The van der Waals surface area contributed by atoms with Gasteiger partial charge >= 0.3 is 15.6 Å². The minimum Gasteiger partial charge on any atom is -0.376 e. The number of fused-ring (bicyclic) bond motifs is 1. The van der Waals surface area contributed by atoms with E-state index < -0.39 is 15.6 Å². The van der Waals surface area contributed by atoms with E-state index in [1.54, 1.807) is 6.92 Å². The summed E-state index contributed by atoms with van der Waals surface area (Å²) in [4.78, 5) is 1.74. The Morgan fingerprint density at radius 3 is 2.47 bits per heavy atom. The van der Waals surface area contributed by atoms with Crippen LogP contribution in [0, 0.1) is 13.8 Å². The van der Waals surface area contributed by atoms with Crippen LogP contribution in [0.4, 0.5) is 13.2 Å². The van der Waals surface area contributed by atoms with Crippen LogP contribution >= 0.6 is 11.3 Å². The predicted octanol–water partition coefficient (Wildman–Crippen LogP) is 3.52. The molecule has 1 aromatic heterocycles. The highest BCUT2D eigenvalue weighted by atomic mass is 32.2. The number of aryl methyl sites for hydroxylation is 2. The second-order valence-electron chi connectivity index (χ2n) is 4.16. The van der Waals surface area contributed by atoms with E-state index in [2.05, 4.69) is 4.18 Å². The molecule has 0 unspecified atom stereocenters. The summed E-state index contributed by atoms with van der Waals surface area (Å²) in [5.74, 6) is -0.208. The molecule has 0 radical (unpaired) electrons. The molecule has 0 spiro atoms. The number of rotatable bonds is 2. The van der Waals surface area contributed by atoms with Gasteiger partial charge in [-0.05, 0) is 38.3 Å². The van der Waals surface area contributed by atoms with Crippen molar-refractivity contribution >= 4 is 27.2 Å². The highest BCUT2D eigenvalue weighted by molar-refractivity contribution is 7.87.